The molecular weight excluding hydrogens is 284 g/mol. The molecule has 2 unspecified atom stereocenters. The second-order valence-electron chi connectivity index (χ2n) is 5.04. The summed E-state index contributed by atoms with van der Waals surface area (Å²) in [6.07, 6.45) is 1.08. The summed E-state index contributed by atoms with van der Waals surface area (Å²) in [7, 11) is 1.73. The molecule has 5 nitrogen and oxygen atoms in total. The van der Waals surface area contributed by atoms with Crippen LogP contribution in [0.4, 0.5) is 0 Å². The van der Waals surface area contributed by atoms with Crippen molar-refractivity contribution in [3.05, 3.63) is 46.4 Å². The molecule has 0 fully saturated rings. The second-order valence-corrected chi connectivity index (χ2v) is 6.38. The van der Waals surface area contributed by atoms with Crippen LogP contribution in [-0.4, -0.2) is 26.6 Å². The second kappa shape index (κ2) is 7.47. The number of hydrogen-bond donors (Lipinski definition) is 2. The van der Waals surface area contributed by atoms with Crippen molar-refractivity contribution in [3.63, 3.8) is 0 Å². The average molecular weight is 306 g/mol. The molecule has 0 aliphatic carbocycles. The van der Waals surface area contributed by atoms with Crippen molar-refractivity contribution in [2.24, 2.45) is 7.05 Å². The lowest BCUT2D eigenvalue weighted by atomic mass is 10.0. The first kappa shape index (κ1) is 15.9. The van der Waals surface area contributed by atoms with Gasteiger partial charge in [0.2, 0.25) is 0 Å². The Bertz CT molecular complexity index is 608. The van der Waals surface area contributed by atoms with Gasteiger partial charge in [0.15, 0.2) is 5.16 Å². The first-order chi connectivity index (χ1) is 10.1. The molecule has 2 atom stereocenters. The molecule has 2 N–H and O–H groups in total. The van der Waals surface area contributed by atoms with Gasteiger partial charge in [0.05, 0.1) is 0 Å². The van der Waals surface area contributed by atoms with Gasteiger partial charge < -0.3 is 5.32 Å². The van der Waals surface area contributed by atoms with E-state index < -0.39 is 0 Å². The van der Waals surface area contributed by atoms with Crippen LogP contribution in [0.25, 0.3) is 0 Å². The van der Waals surface area contributed by atoms with E-state index in [2.05, 4.69) is 53.6 Å². The molecule has 2 rings (SSSR count). The summed E-state index contributed by atoms with van der Waals surface area (Å²) in [5.41, 5.74) is 1.08. The van der Waals surface area contributed by atoms with Gasteiger partial charge in [-0.3, -0.25) is 4.57 Å². The third kappa shape index (κ3) is 3.98. The van der Waals surface area contributed by atoms with Crippen LogP contribution in [-0.2, 0) is 7.05 Å². The normalized spacial score (nSPS) is 14.0. The van der Waals surface area contributed by atoms with Gasteiger partial charge in [0, 0.05) is 18.3 Å². The van der Waals surface area contributed by atoms with Gasteiger partial charge >= 0.3 is 5.69 Å². The van der Waals surface area contributed by atoms with E-state index >= 15 is 0 Å². The minimum absolute atomic E-state index is 0.178. The predicted octanol–water partition coefficient (Wildman–Crippen LogP) is 2.33. The Morgan fingerprint density at radius 3 is 2.67 bits per heavy atom. The third-order valence-corrected chi connectivity index (χ3v) is 4.59. The SMILES string of the molecule is CCCNC(c1ccccc1)C(C)Sc1n[nH]c(=O)n1C. The number of thioether (sulfide) groups is 1. The molecule has 0 bridgehead atoms. The molecule has 0 aliphatic heterocycles. The van der Waals surface area contributed by atoms with Crippen LogP contribution in [0.2, 0.25) is 0 Å². The zero-order valence-corrected chi connectivity index (χ0v) is 13.5. The minimum Gasteiger partial charge on any atom is -0.309 e. The van der Waals surface area contributed by atoms with E-state index in [1.165, 1.54) is 5.56 Å². The van der Waals surface area contributed by atoms with E-state index in [-0.39, 0.29) is 17.0 Å². The molecule has 0 radical (unpaired) electrons. The van der Waals surface area contributed by atoms with Crippen molar-refractivity contribution in [1.82, 2.24) is 20.1 Å². The number of rotatable bonds is 7. The zero-order chi connectivity index (χ0) is 15.2. The van der Waals surface area contributed by atoms with Crippen LogP contribution in [0, 0.1) is 0 Å². The van der Waals surface area contributed by atoms with Crippen LogP contribution < -0.4 is 11.0 Å². The maximum atomic E-state index is 11.4. The number of nitrogens with one attached hydrogen (secondary N) is 2. The summed E-state index contributed by atoms with van der Waals surface area (Å²) in [6.45, 7) is 5.28. The van der Waals surface area contributed by atoms with Crippen LogP contribution in [0.5, 0.6) is 0 Å². The first-order valence-electron chi connectivity index (χ1n) is 7.19. The maximum Gasteiger partial charge on any atom is 0.343 e. The lowest BCUT2D eigenvalue weighted by Gasteiger charge is -2.24. The molecule has 0 saturated carbocycles. The van der Waals surface area contributed by atoms with Crippen LogP contribution >= 0.6 is 11.8 Å². The van der Waals surface area contributed by atoms with Crippen LogP contribution in [0.15, 0.2) is 40.3 Å². The lowest BCUT2D eigenvalue weighted by Crippen LogP contribution is -2.29. The number of aromatic nitrogens is 3. The highest BCUT2D eigenvalue weighted by Gasteiger charge is 2.21. The highest BCUT2D eigenvalue weighted by molar-refractivity contribution is 7.99. The molecule has 1 aromatic heterocycles. The Kier molecular flexibility index (Phi) is 5.64. The van der Waals surface area contributed by atoms with Gasteiger partial charge in [0.1, 0.15) is 0 Å². The van der Waals surface area contributed by atoms with Crippen molar-refractivity contribution >= 4 is 11.8 Å². The number of H-pyrrole nitrogens is 1. The average Bonchev–Trinajstić information content (AvgIpc) is 2.81. The van der Waals surface area contributed by atoms with Crippen molar-refractivity contribution in [2.75, 3.05) is 6.54 Å². The molecule has 1 aromatic carbocycles. The fraction of sp³-hybridized carbons (Fsp3) is 0.467. The monoisotopic (exact) mass is 306 g/mol. The molecule has 0 spiro atoms. The van der Waals surface area contributed by atoms with E-state index in [0.717, 1.165) is 13.0 Å². The number of benzene rings is 1. The lowest BCUT2D eigenvalue weighted by molar-refractivity contribution is 0.526. The van der Waals surface area contributed by atoms with Gasteiger partial charge in [-0.05, 0) is 18.5 Å². The van der Waals surface area contributed by atoms with Gasteiger partial charge in [-0.15, -0.1) is 5.10 Å². The number of nitrogens with zero attached hydrogens (tertiary/aromatic N) is 2. The highest BCUT2D eigenvalue weighted by Crippen LogP contribution is 2.30. The van der Waals surface area contributed by atoms with E-state index in [1.807, 2.05) is 6.07 Å². The summed E-state index contributed by atoms with van der Waals surface area (Å²) < 4.78 is 1.54. The fourth-order valence-corrected chi connectivity index (χ4v) is 3.25. The minimum atomic E-state index is -0.178. The maximum absolute atomic E-state index is 11.4. The number of aromatic amines is 1. The smallest absolute Gasteiger partial charge is 0.309 e. The molecule has 0 aliphatic rings. The van der Waals surface area contributed by atoms with Crippen molar-refractivity contribution in [3.8, 4) is 0 Å². The van der Waals surface area contributed by atoms with Gasteiger partial charge in [-0.2, -0.15) is 0 Å². The topological polar surface area (TPSA) is 62.7 Å². The summed E-state index contributed by atoms with van der Waals surface area (Å²) in [5.74, 6) is 0. The Balaban J connectivity index is 2.16. The summed E-state index contributed by atoms with van der Waals surface area (Å²) in [5, 5.41) is 11.1. The predicted molar refractivity (Wildman–Crippen MR) is 86.6 cm³/mol. The highest BCUT2D eigenvalue weighted by atomic mass is 32.2. The van der Waals surface area contributed by atoms with Gasteiger partial charge in [0.25, 0.3) is 0 Å². The van der Waals surface area contributed by atoms with Crippen LogP contribution in [0.1, 0.15) is 31.9 Å². The van der Waals surface area contributed by atoms with Crippen LogP contribution in [0.3, 0.4) is 0 Å². The Hall–Kier alpha value is -1.53. The number of hydrogen-bond acceptors (Lipinski definition) is 4. The van der Waals surface area contributed by atoms with Crippen molar-refractivity contribution < 1.29 is 0 Å². The fourth-order valence-electron chi connectivity index (χ4n) is 2.19. The Morgan fingerprint density at radius 2 is 2.10 bits per heavy atom. The van der Waals surface area contributed by atoms with E-state index in [1.54, 1.807) is 23.4 Å². The standard InChI is InChI=1S/C15H22N4OS/c1-4-10-16-13(12-8-6-5-7-9-12)11(2)21-15-18-17-14(20)19(15)3/h5-9,11,13,16H,4,10H2,1-3H3,(H,17,20). The summed E-state index contributed by atoms with van der Waals surface area (Å²) >= 11 is 1.60. The first-order valence-corrected chi connectivity index (χ1v) is 8.07. The Morgan fingerprint density at radius 1 is 1.38 bits per heavy atom. The molecule has 21 heavy (non-hydrogen) atoms. The molecule has 6 heteroatoms. The Labute approximate surface area is 129 Å². The van der Waals surface area contributed by atoms with Crippen molar-refractivity contribution in [1.29, 1.82) is 0 Å². The summed E-state index contributed by atoms with van der Waals surface area (Å²) in [6, 6.07) is 10.6. The molecule has 0 amide bonds. The largest absolute Gasteiger partial charge is 0.343 e. The molecule has 1 heterocycles. The van der Waals surface area contributed by atoms with E-state index in [4.69, 9.17) is 0 Å². The van der Waals surface area contributed by atoms with E-state index in [9.17, 15) is 4.79 Å². The zero-order valence-electron chi connectivity index (χ0n) is 12.7. The summed E-state index contributed by atoms with van der Waals surface area (Å²) in [4.78, 5) is 11.4. The van der Waals surface area contributed by atoms with E-state index in [0.29, 0.717) is 5.16 Å². The molecular formula is C15H22N4OS. The molecule has 0 saturated heterocycles. The van der Waals surface area contributed by atoms with Gasteiger partial charge in [-0.1, -0.05) is 55.9 Å². The molecule has 114 valence electrons. The van der Waals surface area contributed by atoms with Gasteiger partial charge in [-0.25, -0.2) is 9.89 Å². The van der Waals surface area contributed by atoms with Crippen molar-refractivity contribution in [2.45, 2.75) is 36.7 Å². The third-order valence-electron chi connectivity index (χ3n) is 3.37. The molecule has 2 aromatic rings. The quantitative estimate of drug-likeness (QED) is 0.771.